The smallest absolute Gasteiger partial charge is 0.0497 e. The van der Waals surface area contributed by atoms with Gasteiger partial charge in [0.15, 0.2) is 0 Å². The molecule has 0 spiro atoms. The Morgan fingerprint density at radius 2 is 1.90 bits per heavy atom. The first-order valence-electron chi connectivity index (χ1n) is 7.48. The summed E-state index contributed by atoms with van der Waals surface area (Å²) in [6.45, 7) is 2.26. The molecule has 2 heteroatoms. The molecule has 0 aliphatic carbocycles. The van der Waals surface area contributed by atoms with Crippen LogP contribution in [0.15, 0.2) is 36.4 Å². The lowest BCUT2D eigenvalue weighted by Gasteiger charge is -2.03. The number of aryl methyl sites for hydroxylation is 1. The zero-order chi connectivity index (χ0) is 13.9. The fraction of sp³-hybridized carbons (Fsp3) is 0.333. The van der Waals surface area contributed by atoms with E-state index in [1.165, 1.54) is 63.0 Å². The molecule has 0 saturated carbocycles. The van der Waals surface area contributed by atoms with Gasteiger partial charge in [0.05, 0.1) is 0 Å². The maximum Gasteiger partial charge on any atom is 0.0497 e. The number of H-pyrrole nitrogens is 1. The van der Waals surface area contributed by atoms with Crippen LogP contribution in [0.1, 0.15) is 38.2 Å². The molecule has 0 saturated heterocycles. The first kappa shape index (κ1) is 13.9. The van der Waals surface area contributed by atoms with E-state index in [0.29, 0.717) is 0 Å². The van der Waals surface area contributed by atoms with Gasteiger partial charge in [-0.2, -0.15) is 0 Å². The second kappa shape index (κ2) is 6.17. The van der Waals surface area contributed by atoms with Gasteiger partial charge in [-0.15, -0.1) is 0 Å². The summed E-state index contributed by atoms with van der Waals surface area (Å²) in [5.74, 6) is 0. The average Bonchev–Trinajstić information content (AvgIpc) is 2.82. The third-order valence-corrected chi connectivity index (χ3v) is 4.65. The van der Waals surface area contributed by atoms with Gasteiger partial charge in [-0.3, -0.25) is 0 Å². The summed E-state index contributed by atoms with van der Waals surface area (Å²) in [4.78, 5) is 3.61. The number of fused-ring (bicyclic) bond motifs is 3. The molecule has 1 heterocycles. The fourth-order valence-electron chi connectivity index (χ4n) is 2.91. The number of unbranched alkanes of at least 4 members (excludes halogenated alkanes) is 3. The van der Waals surface area contributed by atoms with Crippen LogP contribution in [0.5, 0.6) is 0 Å². The summed E-state index contributed by atoms with van der Waals surface area (Å²) in [7, 11) is 0. The van der Waals surface area contributed by atoms with Crippen LogP contribution in [0.2, 0.25) is 0 Å². The molecule has 0 bridgehead atoms. The van der Waals surface area contributed by atoms with Gasteiger partial charge >= 0.3 is 0 Å². The molecule has 0 unspecified atom stereocenters. The predicted octanol–water partition coefficient (Wildman–Crippen LogP) is 6.05. The fourth-order valence-corrected chi connectivity index (χ4v) is 3.40. The number of benzene rings is 2. The van der Waals surface area contributed by atoms with E-state index in [1.807, 2.05) is 0 Å². The van der Waals surface area contributed by atoms with Crippen molar-refractivity contribution in [3.05, 3.63) is 45.5 Å². The number of hydrogen-bond donors (Lipinski definition) is 1. The van der Waals surface area contributed by atoms with E-state index in [9.17, 15) is 0 Å². The van der Waals surface area contributed by atoms with Crippen LogP contribution in [-0.4, -0.2) is 4.98 Å². The number of aromatic amines is 1. The van der Waals surface area contributed by atoms with Crippen molar-refractivity contribution in [1.82, 2.24) is 4.98 Å². The second-order valence-corrected chi connectivity index (χ2v) is 6.71. The van der Waals surface area contributed by atoms with Gasteiger partial charge in [0.1, 0.15) is 0 Å². The van der Waals surface area contributed by atoms with Crippen LogP contribution in [0.4, 0.5) is 0 Å². The van der Waals surface area contributed by atoms with Gasteiger partial charge in [0, 0.05) is 25.4 Å². The quantitative estimate of drug-likeness (QED) is 0.412. The SMILES string of the molecule is CCCCCCc1cccc2c1[nH]c1ccc(I)cc12. The van der Waals surface area contributed by atoms with Crippen molar-refractivity contribution in [1.29, 1.82) is 0 Å². The molecule has 1 aromatic heterocycles. The Morgan fingerprint density at radius 1 is 1.00 bits per heavy atom. The largest absolute Gasteiger partial charge is 0.354 e. The Labute approximate surface area is 133 Å². The van der Waals surface area contributed by atoms with Crippen LogP contribution in [0.25, 0.3) is 21.8 Å². The van der Waals surface area contributed by atoms with Crippen molar-refractivity contribution in [3.63, 3.8) is 0 Å². The monoisotopic (exact) mass is 377 g/mol. The highest BCUT2D eigenvalue weighted by Crippen LogP contribution is 2.29. The van der Waals surface area contributed by atoms with Crippen molar-refractivity contribution in [2.45, 2.75) is 39.0 Å². The number of hydrogen-bond acceptors (Lipinski definition) is 0. The molecule has 0 radical (unpaired) electrons. The summed E-state index contributed by atoms with van der Waals surface area (Å²) < 4.78 is 1.30. The summed E-state index contributed by atoms with van der Waals surface area (Å²) in [6, 6.07) is 13.3. The third kappa shape index (κ3) is 2.71. The molecular weight excluding hydrogens is 357 g/mol. The molecular formula is C18H20IN. The topological polar surface area (TPSA) is 15.8 Å². The first-order valence-corrected chi connectivity index (χ1v) is 8.56. The molecule has 0 atom stereocenters. The molecule has 2 aromatic carbocycles. The van der Waals surface area contributed by atoms with Crippen molar-refractivity contribution >= 4 is 44.4 Å². The molecule has 1 N–H and O–H groups in total. The van der Waals surface area contributed by atoms with Crippen LogP contribution >= 0.6 is 22.6 Å². The van der Waals surface area contributed by atoms with E-state index in [4.69, 9.17) is 0 Å². The summed E-state index contributed by atoms with van der Waals surface area (Å²) in [5.41, 5.74) is 4.05. The van der Waals surface area contributed by atoms with Gasteiger partial charge in [-0.05, 0) is 59.2 Å². The molecule has 3 aromatic rings. The van der Waals surface area contributed by atoms with Gasteiger partial charge in [0.2, 0.25) is 0 Å². The van der Waals surface area contributed by atoms with Crippen molar-refractivity contribution in [2.24, 2.45) is 0 Å². The zero-order valence-electron chi connectivity index (χ0n) is 11.9. The number of halogens is 1. The van der Waals surface area contributed by atoms with E-state index < -0.39 is 0 Å². The van der Waals surface area contributed by atoms with Gasteiger partial charge in [0.25, 0.3) is 0 Å². The zero-order valence-corrected chi connectivity index (χ0v) is 14.0. The highest BCUT2D eigenvalue weighted by Gasteiger charge is 2.08. The molecule has 0 aliphatic rings. The Hall–Kier alpha value is -1.03. The Bertz CT molecular complexity index is 727. The van der Waals surface area contributed by atoms with E-state index in [1.54, 1.807) is 0 Å². The predicted molar refractivity (Wildman–Crippen MR) is 96.4 cm³/mol. The minimum atomic E-state index is 1.18. The molecule has 3 rings (SSSR count). The van der Waals surface area contributed by atoms with E-state index in [2.05, 4.69) is 70.9 Å². The standard InChI is InChI=1S/C18H20IN/c1-2-3-4-5-7-13-8-6-9-15-16-12-14(19)10-11-17(16)20-18(13)15/h6,8-12,20H,2-5,7H2,1H3. The van der Waals surface area contributed by atoms with Crippen molar-refractivity contribution in [3.8, 4) is 0 Å². The first-order chi connectivity index (χ1) is 9.79. The highest BCUT2D eigenvalue weighted by molar-refractivity contribution is 14.1. The summed E-state index contributed by atoms with van der Waals surface area (Å²) in [6.07, 6.45) is 6.46. The van der Waals surface area contributed by atoms with Crippen LogP contribution in [0.3, 0.4) is 0 Å². The van der Waals surface area contributed by atoms with Crippen LogP contribution in [0, 0.1) is 3.57 Å². The Morgan fingerprint density at radius 3 is 2.75 bits per heavy atom. The minimum absolute atomic E-state index is 1.18. The van der Waals surface area contributed by atoms with Gasteiger partial charge in [-0.25, -0.2) is 0 Å². The van der Waals surface area contributed by atoms with Crippen LogP contribution < -0.4 is 0 Å². The lowest BCUT2D eigenvalue weighted by molar-refractivity contribution is 0.668. The minimum Gasteiger partial charge on any atom is -0.354 e. The summed E-state index contributed by atoms with van der Waals surface area (Å²) >= 11 is 2.38. The van der Waals surface area contributed by atoms with Crippen molar-refractivity contribution in [2.75, 3.05) is 0 Å². The maximum absolute atomic E-state index is 3.61. The lowest BCUT2D eigenvalue weighted by Crippen LogP contribution is -1.87. The average molecular weight is 377 g/mol. The second-order valence-electron chi connectivity index (χ2n) is 5.47. The van der Waals surface area contributed by atoms with E-state index >= 15 is 0 Å². The highest BCUT2D eigenvalue weighted by atomic mass is 127. The number of para-hydroxylation sites is 1. The van der Waals surface area contributed by atoms with Gasteiger partial charge in [-0.1, -0.05) is 44.4 Å². The Kier molecular flexibility index (Phi) is 4.29. The van der Waals surface area contributed by atoms with Gasteiger partial charge < -0.3 is 4.98 Å². The maximum atomic E-state index is 3.61. The van der Waals surface area contributed by atoms with E-state index in [-0.39, 0.29) is 0 Å². The third-order valence-electron chi connectivity index (χ3n) is 3.98. The van der Waals surface area contributed by atoms with Crippen molar-refractivity contribution < 1.29 is 0 Å². The molecule has 104 valence electrons. The molecule has 20 heavy (non-hydrogen) atoms. The number of aromatic nitrogens is 1. The molecule has 0 fully saturated rings. The number of nitrogens with one attached hydrogen (secondary N) is 1. The summed E-state index contributed by atoms with van der Waals surface area (Å²) in [5, 5.41) is 2.72. The van der Waals surface area contributed by atoms with E-state index in [0.717, 1.165) is 0 Å². The lowest BCUT2D eigenvalue weighted by atomic mass is 10.0. The van der Waals surface area contributed by atoms with Crippen LogP contribution in [-0.2, 0) is 6.42 Å². The normalized spacial score (nSPS) is 11.5. The Balaban J connectivity index is 1.99. The molecule has 0 amide bonds. The number of rotatable bonds is 5. The molecule has 1 nitrogen and oxygen atoms in total. The molecule has 0 aliphatic heterocycles.